The zero-order valence-corrected chi connectivity index (χ0v) is 17.4. The van der Waals surface area contributed by atoms with Gasteiger partial charge in [-0.3, -0.25) is 5.10 Å². The molecule has 8 nitrogen and oxygen atoms in total. The zero-order chi connectivity index (χ0) is 21.3. The molecule has 0 amide bonds. The molecule has 3 aromatic rings. The van der Waals surface area contributed by atoms with Crippen LogP contribution in [0.3, 0.4) is 0 Å². The van der Waals surface area contributed by atoms with Crippen molar-refractivity contribution in [2.75, 3.05) is 36.2 Å². The van der Waals surface area contributed by atoms with Crippen LogP contribution in [0.1, 0.15) is 36.1 Å². The number of rotatable bonds is 8. The highest BCUT2D eigenvalue weighted by Gasteiger charge is 2.26. The molecule has 0 bridgehead atoms. The van der Waals surface area contributed by atoms with Gasteiger partial charge in [0.1, 0.15) is 16.7 Å². The summed E-state index contributed by atoms with van der Waals surface area (Å²) in [6.07, 6.45) is 2.31. The topological polar surface area (TPSA) is 102 Å². The average Bonchev–Trinajstić information content (AvgIpc) is 3.48. The van der Waals surface area contributed by atoms with Crippen molar-refractivity contribution in [1.82, 2.24) is 20.2 Å². The number of nitrogens with zero attached hydrogens (tertiary/aromatic N) is 4. The first-order chi connectivity index (χ1) is 14.4. The number of benzene rings is 1. The molecule has 158 valence electrons. The van der Waals surface area contributed by atoms with E-state index in [4.69, 9.17) is 11.6 Å². The van der Waals surface area contributed by atoms with E-state index in [-0.39, 0.29) is 18.4 Å². The van der Waals surface area contributed by atoms with Crippen LogP contribution in [0.25, 0.3) is 0 Å². The van der Waals surface area contributed by atoms with Gasteiger partial charge in [0, 0.05) is 26.1 Å². The second kappa shape index (κ2) is 8.45. The quantitative estimate of drug-likeness (QED) is 0.430. The van der Waals surface area contributed by atoms with Gasteiger partial charge < -0.3 is 20.6 Å². The lowest BCUT2D eigenvalue weighted by atomic mass is 10.1. The predicted octanol–water partition coefficient (Wildman–Crippen LogP) is 3.82. The fraction of sp³-hybridized carbons (Fsp3) is 0.350. The lowest BCUT2D eigenvalue weighted by molar-refractivity contribution is 0.276. The Kier molecular flexibility index (Phi) is 5.74. The van der Waals surface area contributed by atoms with Crippen molar-refractivity contribution in [2.24, 2.45) is 0 Å². The first-order valence-electron chi connectivity index (χ1n) is 9.64. The third kappa shape index (κ3) is 4.47. The highest BCUT2D eigenvalue weighted by Crippen LogP contribution is 2.40. The van der Waals surface area contributed by atoms with Crippen molar-refractivity contribution < 1.29 is 9.50 Å². The van der Waals surface area contributed by atoms with Gasteiger partial charge in [0.25, 0.3) is 0 Å². The lowest BCUT2D eigenvalue weighted by Crippen LogP contribution is -2.19. The number of H-pyrrole nitrogens is 1. The van der Waals surface area contributed by atoms with Crippen LogP contribution in [0.4, 0.5) is 27.8 Å². The van der Waals surface area contributed by atoms with Gasteiger partial charge in [0.2, 0.25) is 5.95 Å². The molecule has 1 aromatic carbocycles. The van der Waals surface area contributed by atoms with E-state index in [9.17, 15) is 9.50 Å². The molecule has 30 heavy (non-hydrogen) atoms. The molecule has 1 saturated carbocycles. The molecule has 1 aliphatic rings. The lowest BCUT2D eigenvalue weighted by Gasteiger charge is -2.21. The van der Waals surface area contributed by atoms with Crippen molar-refractivity contribution in [3.05, 3.63) is 52.4 Å². The molecule has 1 fully saturated rings. The van der Waals surface area contributed by atoms with E-state index in [0.29, 0.717) is 34.0 Å². The van der Waals surface area contributed by atoms with Gasteiger partial charge in [-0.05, 0) is 30.5 Å². The molecule has 2 heterocycles. The molecule has 0 unspecified atom stereocenters. The molecule has 2 aromatic heterocycles. The number of aromatic amines is 1. The van der Waals surface area contributed by atoms with Gasteiger partial charge in [0.05, 0.1) is 18.3 Å². The summed E-state index contributed by atoms with van der Waals surface area (Å²) in [6.45, 7) is -0.219. The largest absolute Gasteiger partial charge is 0.394 e. The number of hydrogen-bond acceptors (Lipinski definition) is 7. The molecule has 0 aliphatic heterocycles. The van der Waals surface area contributed by atoms with E-state index >= 15 is 0 Å². The van der Waals surface area contributed by atoms with Crippen LogP contribution in [0.2, 0.25) is 5.02 Å². The average molecular weight is 432 g/mol. The summed E-state index contributed by atoms with van der Waals surface area (Å²) in [4.78, 5) is 10.7. The summed E-state index contributed by atoms with van der Waals surface area (Å²) < 4.78 is 13.2. The normalized spacial score (nSPS) is 14.4. The van der Waals surface area contributed by atoms with Gasteiger partial charge in [-0.1, -0.05) is 23.7 Å². The van der Waals surface area contributed by atoms with Gasteiger partial charge >= 0.3 is 0 Å². The van der Waals surface area contributed by atoms with E-state index in [0.717, 1.165) is 18.5 Å². The van der Waals surface area contributed by atoms with Crippen molar-refractivity contribution in [1.29, 1.82) is 0 Å². The molecule has 1 atom stereocenters. The molecular weight excluding hydrogens is 409 g/mol. The Morgan fingerprint density at radius 1 is 1.27 bits per heavy atom. The van der Waals surface area contributed by atoms with Gasteiger partial charge in [-0.15, -0.1) is 0 Å². The Morgan fingerprint density at radius 2 is 2.00 bits per heavy atom. The van der Waals surface area contributed by atoms with Crippen LogP contribution in [0.5, 0.6) is 0 Å². The van der Waals surface area contributed by atoms with Crippen molar-refractivity contribution in [2.45, 2.75) is 24.8 Å². The van der Waals surface area contributed by atoms with Crippen LogP contribution in [0, 0.1) is 5.82 Å². The summed E-state index contributed by atoms with van der Waals surface area (Å²) in [5.41, 5.74) is 1.73. The Morgan fingerprint density at radius 3 is 2.63 bits per heavy atom. The molecule has 0 saturated heterocycles. The summed E-state index contributed by atoms with van der Waals surface area (Å²) in [6, 6.07) is 7.34. The number of aromatic nitrogens is 4. The number of anilines is 4. The molecule has 4 N–H and O–H groups in total. The SMILES string of the molecule is CN(C)c1nc(N[C@@H](CO)c2ccc(F)cc2)nc(Nc2cc(C3CC3)n[nH]2)c1Cl. The maximum absolute atomic E-state index is 13.2. The van der Waals surface area contributed by atoms with Crippen LogP contribution in [-0.4, -0.2) is 46.0 Å². The number of aliphatic hydroxyl groups is 1. The van der Waals surface area contributed by atoms with E-state index in [1.165, 1.54) is 12.1 Å². The molecule has 1 aliphatic carbocycles. The minimum absolute atomic E-state index is 0.219. The van der Waals surface area contributed by atoms with E-state index in [2.05, 4.69) is 30.8 Å². The summed E-state index contributed by atoms with van der Waals surface area (Å²) >= 11 is 6.53. The molecule has 10 heteroatoms. The second-order valence-electron chi connectivity index (χ2n) is 7.46. The smallest absolute Gasteiger partial charge is 0.227 e. The first kappa shape index (κ1) is 20.4. The minimum atomic E-state index is -0.511. The minimum Gasteiger partial charge on any atom is -0.394 e. The first-order valence-corrected chi connectivity index (χ1v) is 10.0. The maximum atomic E-state index is 13.2. The zero-order valence-electron chi connectivity index (χ0n) is 16.7. The molecule has 4 rings (SSSR count). The molecule has 0 spiro atoms. The summed E-state index contributed by atoms with van der Waals surface area (Å²) in [5, 5.41) is 23.8. The Balaban J connectivity index is 1.62. The Bertz CT molecular complexity index is 1020. The number of halogens is 2. The predicted molar refractivity (Wildman–Crippen MR) is 115 cm³/mol. The standard InChI is InChI=1S/C20H23ClFN7O/c1-29(2)19-17(21)18(24-16-9-14(27-28-16)11-3-4-11)25-20(26-19)23-15(10-30)12-5-7-13(22)8-6-12/h5-9,11,15,30H,3-4,10H2,1-2H3,(H3,23,24,25,26,27,28)/t15-/m0/s1. The van der Waals surface area contributed by atoms with Gasteiger partial charge in [-0.25, -0.2) is 4.39 Å². The second-order valence-corrected chi connectivity index (χ2v) is 7.84. The van der Waals surface area contributed by atoms with Crippen LogP contribution in [-0.2, 0) is 0 Å². The summed E-state index contributed by atoms with van der Waals surface area (Å²) in [7, 11) is 3.65. The van der Waals surface area contributed by atoms with Gasteiger partial charge in [0.15, 0.2) is 11.6 Å². The highest BCUT2D eigenvalue weighted by atomic mass is 35.5. The van der Waals surface area contributed by atoms with E-state index < -0.39 is 6.04 Å². The Hall–Kier alpha value is -2.91. The number of nitrogens with one attached hydrogen (secondary N) is 3. The Labute approximate surface area is 178 Å². The molecular formula is C20H23ClFN7O. The van der Waals surface area contributed by atoms with Gasteiger partial charge in [-0.2, -0.15) is 15.1 Å². The van der Waals surface area contributed by atoms with Crippen molar-refractivity contribution >= 4 is 35.0 Å². The van der Waals surface area contributed by atoms with Crippen LogP contribution < -0.4 is 15.5 Å². The van der Waals surface area contributed by atoms with Crippen LogP contribution in [0.15, 0.2) is 30.3 Å². The number of aliphatic hydroxyl groups excluding tert-OH is 1. The van der Waals surface area contributed by atoms with E-state index in [1.807, 2.05) is 20.2 Å². The van der Waals surface area contributed by atoms with Crippen molar-refractivity contribution in [3.8, 4) is 0 Å². The fourth-order valence-electron chi connectivity index (χ4n) is 3.08. The molecule has 0 radical (unpaired) electrons. The highest BCUT2D eigenvalue weighted by molar-refractivity contribution is 6.35. The van der Waals surface area contributed by atoms with Crippen LogP contribution >= 0.6 is 11.6 Å². The monoisotopic (exact) mass is 431 g/mol. The third-order valence-electron chi connectivity index (χ3n) is 4.86. The summed E-state index contributed by atoms with van der Waals surface area (Å²) in [5.74, 6) is 2.05. The fourth-order valence-corrected chi connectivity index (χ4v) is 3.38. The maximum Gasteiger partial charge on any atom is 0.227 e. The van der Waals surface area contributed by atoms with E-state index in [1.54, 1.807) is 17.0 Å². The number of hydrogen-bond donors (Lipinski definition) is 4. The third-order valence-corrected chi connectivity index (χ3v) is 5.21. The van der Waals surface area contributed by atoms with Crippen molar-refractivity contribution in [3.63, 3.8) is 0 Å².